The van der Waals surface area contributed by atoms with Crippen molar-refractivity contribution in [2.24, 2.45) is 5.92 Å². The van der Waals surface area contributed by atoms with E-state index >= 15 is 0 Å². The van der Waals surface area contributed by atoms with Crippen LogP contribution in [-0.2, 0) is 4.74 Å². The van der Waals surface area contributed by atoms with Crippen LogP contribution in [0.15, 0.2) is 0 Å². The molecule has 1 N–H and O–H groups in total. The van der Waals surface area contributed by atoms with E-state index in [1.165, 1.54) is 0 Å². The van der Waals surface area contributed by atoms with Crippen LogP contribution in [0.25, 0.3) is 0 Å². The number of ether oxygens (including phenoxy) is 1. The zero-order valence-corrected chi connectivity index (χ0v) is 13.4. The third kappa shape index (κ3) is 2.89. The van der Waals surface area contributed by atoms with Crippen molar-refractivity contribution in [3.8, 4) is 0 Å². The molecule has 1 aliphatic heterocycles. The topological polar surface area (TPSA) is 32.7 Å². The summed E-state index contributed by atoms with van der Waals surface area (Å²) < 4.78 is 6.03. The van der Waals surface area contributed by atoms with Crippen molar-refractivity contribution in [2.75, 3.05) is 13.6 Å². The van der Waals surface area contributed by atoms with Gasteiger partial charge >= 0.3 is 0 Å². The molecule has 1 heterocycles. The van der Waals surface area contributed by atoms with E-state index in [9.17, 15) is 5.11 Å². The average Bonchev–Trinajstić information content (AvgIpc) is 2.36. The number of hydrogen-bond donors (Lipinski definition) is 1. The van der Waals surface area contributed by atoms with Crippen molar-refractivity contribution >= 4 is 0 Å². The fourth-order valence-corrected chi connectivity index (χ4v) is 2.81. The van der Waals surface area contributed by atoms with Crippen LogP contribution >= 0.6 is 0 Å². The highest BCUT2D eigenvalue weighted by atomic mass is 16.5. The highest BCUT2D eigenvalue weighted by molar-refractivity contribution is 5.03. The summed E-state index contributed by atoms with van der Waals surface area (Å²) in [4.78, 5) is 2.34. The van der Waals surface area contributed by atoms with Gasteiger partial charge in [-0.1, -0.05) is 6.92 Å². The van der Waals surface area contributed by atoms with Crippen molar-refractivity contribution < 1.29 is 9.84 Å². The van der Waals surface area contributed by atoms with Crippen LogP contribution in [0, 0.1) is 5.92 Å². The zero-order valence-electron chi connectivity index (χ0n) is 13.4. The fourth-order valence-electron chi connectivity index (χ4n) is 2.81. The highest BCUT2D eigenvalue weighted by Crippen LogP contribution is 2.43. The van der Waals surface area contributed by atoms with Gasteiger partial charge in [0.25, 0.3) is 0 Å². The Balaban J connectivity index is 2.84. The maximum Gasteiger partial charge on any atom is 0.0896 e. The molecule has 108 valence electrons. The summed E-state index contributed by atoms with van der Waals surface area (Å²) in [7, 11) is 2.14. The first kappa shape index (κ1) is 15.9. The van der Waals surface area contributed by atoms with Gasteiger partial charge in [-0.3, -0.25) is 0 Å². The maximum atomic E-state index is 10.5. The smallest absolute Gasteiger partial charge is 0.0896 e. The Kier molecular flexibility index (Phi) is 4.22. The summed E-state index contributed by atoms with van der Waals surface area (Å²) in [6, 6.07) is 0. The Morgan fingerprint density at radius 2 is 1.67 bits per heavy atom. The number of aliphatic hydroxyl groups excluding tert-OH is 1. The van der Waals surface area contributed by atoms with Gasteiger partial charge in [0.1, 0.15) is 0 Å². The third-order valence-corrected chi connectivity index (χ3v) is 4.88. The molecule has 0 aromatic heterocycles. The van der Waals surface area contributed by atoms with E-state index in [0.717, 1.165) is 13.0 Å². The summed E-state index contributed by atoms with van der Waals surface area (Å²) in [6.45, 7) is 15.7. The lowest BCUT2D eigenvalue weighted by Crippen LogP contribution is -2.49. The second kappa shape index (κ2) is 4.77. The largest absolute Gasteiger partial charge is 0.390 e. The Morgan fingerprint density at radius 3 is 2.00 bits per heavy atom. The molecule has 3 nitrogen and oxygen atoms in total. The van der Waals surface area contributed by atoms with Crippen molar-refractivity contribution in [1.82, 2.24) is 4.90 Å². The molecule has 1 fully saturated rings. The second-order valence-corrected chi connectivity index (χ2v) is 7.41. The number of aliphatic hydroxyl groups is 1. The van der Waals surface area contributed by atoms with Gasteiger partial charge in [0.2, 0.25) is 0 Å². The minimum Gasteiger partial charge on any atom is -0.390 e. The van der Waals surface area contributed by atoms with E-state index in [0.29, 0.717) is 0 Å². The lowest BCUT2D eigenvalue weighted by molar-refractivity contribution is -0.0916. The number of hydrogen-bond acceptors (Lipinski definition) is 3. The van der Waals surface area contributed by atoms with Gasteiger partial charge in [0.15, 0.2) is 0 Å². The quantitative estimate of drug-likeness (QED) is 0.840. The van der Waals surface area contributed by atoms with Crippen molar-refractivity contribution in [2.45, 2.75) is 77.7 Å². The summed E-state index contributed by atoms with van der Waals surface area (Å²) >= 11 is 0. The van der Waals surface area contributed by atoms with Crippen LogP contribution in [-0.4, -0.2) is 46.4 Å². The number of nitrogens with zero attached hydrogens (tertiary/aromatic N) is 1. The third-order valence-electron chi connectivity index (χ3n) is 4.88. The molecule has 1 rings (SSSR count). The molecule has 0 amide bonds. The Labute approximate surface area is 113 Å². The van der Waals surface area contributed by atoms with Gasteiger partial charge in [0.05, 0.1) is 17.3 Å². The molecule has 0 aromatic carbocycles. The number of rotatable bonds is 4. The van der Waals surface area contributed by atoms with Gasteiger partial charge in [-0.2, -0.15) is 0 Å². The molecule has 2 atom stereocenters. The van der Waals surface area contributed by atoms with Crippen molar-refractivity contribution in [3.05, 3.63) is 0 Å². The summed E-state index contributed by atoms with van der Waals surface area (Å²) in [5, 5.41) is 10.5. The van der Waals surface area contributed by atoms with Gasteiger partial charge in [-0.15, -0.1) is 0 Å². The molecule has 18 heavy (non-hydrogen) atoms. The van der Waals surface area contributed by atoms with Gasteiger partial charge < -0.3 is 14.7 Å². The van der Waals surface area contributed by atoms with Crippen LogP contribution < -0.4 is 0 Å². The summed E-state index contributed by atoms with van der Waals surface area (Å²) in [5.41, 5.74) is -0.575. The molecular formula is C15H31NO2. The standard InChI is InChI=1S/C15H31NO2/c1-9-13(2,3)16(8)10-11-12(17)15(6,7)18-14(11,4)5/h11-12,17H,9-10H2,1-8H3. The molecule has 1 saturated heterocycles. The first-order valence-electron chi connectivity index (χ1n) is 7.03. The average molecular weight is 257 g/mol. The molecule has 0 spiro atoms. The first-order valence-corrected chi connectivity index (χ1v) is 7.03. The monoisotopic (exact) mass is 257 g/mol. The van der Waals surface area contributed by atoms with Crippen LogP contribution in [0.5, 0.6) is 0 Å². The molecule has 0 aromatic rings. The maximum absolute atomic E-state index is 10.5. The lowest BCUT2D eigenvalue weighted by atomic mass is 9.83. The van der Waals surface area contributed by atoms with E-state index in [1.807, 2.05) is 13.8 Å². The van der Waals surface area contributed by atoms with Crippen LogP contribution in [0.2, 0.25) is 0 Å². The Hall–Kier alpha value is -0.120. The van der Waals surface area contributed by atoms with E-state index in [1.54, 1.807) is 0 Å². The molecule has 0 radical (unpaired) electrons. The fraction of sp³-hybridized carbons (Fsp3) is 1.00. The molecule has 0 aliphatic carbocycles. The molecule has 2 unspecified atom stereocenters. The molecule has 0 bridgehead atoms. The van der Waals surface area contributed by atoms with E-state index < -0.39 is 11.7 Å². The Bertz CT molecular complexity index is 297. The normalized spacial score (nSPS) is 31.0. The molecule has 1 aliphatic rings. The summed E-state index contributed by atoms with van der Waals surface area (Å²) in [6.07, 6.45) is 0.680. The summed E-state index contributed by atoms with van der Waals surface area (Å²) in [5.74, 6) is 0.142. The van der Waals surface area contributed by atoms with Crippen molar-refractivity contribution in [3.63, 3.8) is 0 Å². The first-order chi connectivity index (χ1) is 7.94. The SMILES string of the molecule is CCC(C)(C)N(C)CC1C(O)C(C)(C)OC1(C)C. The van der Waals surface area contributed by atoms with E-state index in [2.05, 4.69) is 46.6 Å². The lowest BCUT2D eigenvalue weighted by Gasteiger charge is -2.39. The van der Waals surface area contributed by atoms with Gasteiger partial charge in [0, 0.05) is 18.0 Å². The molecule has 3 heteroatoms. The zero-order chi connectivity index (χ0) is 14.4. The van der Waals surface area contributed by atoms with E-state index in [-0.39, 0.29) is 17.1 Å². The Morgan fingerprint density at radius 1 is 1.17 bits per heavy atom. The second-order valence-electron chi connectivity index (χ2n) is 7.41. The predicted molar refractivity (Wildman–Crippen MR) is 75.7 cm³/mol. The van der Waals surface area contributed by atoms with Gasteiger partial charge in [-0.05, 0) is 55.0 Å². The van der Waals surface area contributed by atoms with Crippen LogP contribution in [0.1, 0.15) is 54.9 Å². The van der Waals surface area contributed by atoms with E-state index in [4.69, 9.17) is 4.74 Å². The predicted octanol–water partition coefficient (Wildman–Crippen LogP) is 2.67. The molecular weight excluding hydrogens is 226 g/mol. The minimum absolute atomic E-state index is 0.142. The highest BCUT2D eigenvalue weighted by Gasteiger charge is 2.53. The van der Waals surface area contributed by atoms with Gasteiger partial charge in [-0.25, -0.2) is 0 Å². The van der Waals surface area contributed by atoms with Crippen LogP contribution in [0.3, 0.4) is 0 Å². The van der Waals surface area contributed by atoms with Crippen LogP contribution in [0.4, 0.5) is 0 Å². The minimum atomic E-state index is -0.453. The molecule has 0 saturated carbocycles. The van der Waals surface area contributed by atoms with Crippen molar-refractivity contribution in [1.29, 1.82) is 0 Å².